The van der Waals surface area contributed by atoms with Gasteiger partial charge < -0.3 is 15.1 Å². The molecule has 1 heterocycles. The Morgan fingerprint density at radius 3 is 2.56 bits per heavy atom. The number of halogens is 1. The Morgan fingerprint density at radius 1 is 1.28 bits per heavy atom. The highest BCUT2D eigenvalue weighted by Crippen LogP contribution is 2.25. The van der Waals surface area contributed by atoms with E-state index in [0.717, 1.165) is 24.3 Å². The minimum Gasteiger partial charge on any atom is -0.338 e. The number of benzene rings is 1. The van der Waals surface area contributed by atoms with Gasteiger partial charge in [0.15, 0.2) is 5.11 Å². The van der Waals surface area contributed by atoms with Gasteiger partial charge in [0.05, 0.1) is 43.9 Å². The summed E-state index contributed by atoms with van der Waals surface area (Å²) in [5.41, 5.74) is 3.14. The van der Waals surface area contributed by atoms with E-state index in [1.165, 1.54) is 10.5 Å². The summed E-state index contributed by atoms with van der Waals surface area (Å²) in [7, 11) is 4.28. The molecule has 2 aromatic rings. The molecular formula is C19H26ClN4S+. The lowest BCUT2D eigenvalue weighted by molar-refractivity contribution is -0.857. The van der Waals surface area contributed by atoms with Crippen LogP contribution in [0.4, 0.5) is 5.69 Å². The van der Waals surface area contributed by atoms with Crippen LogP contribution >= 0.6 is 23.8 Å². The Balaban J connectivity index is 2.20. The molecule has 0 saturated carbocycles. The third-order valence-electron chi connectivity index (χ3n) is 4.14. The number of nitrogens with one attached hydrogen (secondary N) is 2. The molecule has 6 heteroatoms. The first-order chi connectivity index (χ1) is 11.9. The second kappa shape index (κ2) is 9.13. The van der Waals surface area contributed by atoms with Crippen molar-refractivity contribution in [3.63, 3.8) is 0 Å². The lowest BCUT2D eigenvalue weighted by Gasteiger charge is -2.32. The molecule has 1 aromatic heterocycles. The van der Waals surface area contributed by atoms with E-state index in [0.29, 0.717) is 10.1 Å². The monoisotopic (exact) mass is 377 g/mol. The Labute approximate surface area is 160 Å². The van der Waals surface area contributed by atoms with Crippen LogP contribution in [0.3, 0.4) is 0 Å². The number of pyridine rings is 1. The number of hydrogen-bond acceptors (Lipinski definition) is 2. The molecule has 0 aliphatic rings. The maximum Gasteiger partial charge on any atom is 0.174 e. The summed E-state index contributed by atoms with van der Waals surface area (Å²) in [6.45, 7) is 6.01. The first kappa shape index (κ1) is 19.6. The zero-order valence-electron chi connectivity index (χ0n) is 15.2. The number of rotatable bonds is 6. The molecule has 1 aromatic carbocycles. The van der Waals surface area contributed by atoms with Gasteiger partial charge in [-0.05, 0) is 61.5 Å². The Morgan fingerprint density at radius 2 is 1.96 bits per heavy atom. The Hall–Kier alpha value is -1.69. The summed E-state index contributed by atoms with van der Waals surface area (Å²) in [4.78, 5) is 7.69. The molecule has 0 radical (unpaired) electrons. The van der Waals surface area contributed by atoms with Gasteiger partial charge in [-0.25, -0.2) is 0 Å². The number of aromatic nitrogens is 1. The molecule has 0 bridgehead atoms. The Bertz CT molecular complexity index is 706. The van der Waals surface area contributed by atoms with Crippen molar-refractivity contribution in [3.8, 4) is 0 Å². The van der Waals surface area contributed by atoms with Gasteiger partial charge in [0.25, 0.3) is 0 Å². The van der Waals surface area contributed by atoms with Gasteiger partial charge in [-0.1, -0.05) is 17.7 Å². The molecular weight excluding hydrogens is 352 g/mol. The average molecular weight is 378 g/mol. The second-order valence-electron chi connectivity index (χ2n) is 6.52. The highest BCUT2D eigenvalue weighted by Gasteiger charge is 2.20. The van der Waals surface area contributed by atoms with Crippen LogP contribution < -0.4 is 10.2 Å². The van der Waals surface area contributed by atoms with Crippen molar-refractivity contribution in [1.82, 2.24) is 9.88 Å². The maximum atomic E-state index is 6.35. The molecule has 0 amide bonds. The number of anilines is 1. The van der Waals surface area contributed by atoms with Gasteiger partial charge in [0.1, 0.15) is 0 Å². The zero-order valence-corrected chi connectivity index (χ0v) is 16.8. The molecule has 25 heavy (non-hydrogen) atoms. The van der Waals surface area contributed by atoms with Gasteiger partial charge in [-0.3, -0.25) is 4.98 Å². The SMILES string of the molecule is Cc1ccc(NC(=S)N(CC[NH+](C)C)C(C)c2ccncc2)c(Cl)c1. The summed E-state index contributed by atoms with van der Waals surface area (Å²) in [6.07, 6.45) is 3.63. The van der Waals surface area contributed by atoms with E-state index in [1.54, 1.807) is 0 Å². The predicted octanol–water partition coefficient (Wildman–Crippen LogP) is 2.95. The lowest BCUT2D eigenvalue weighted by Crippen LogP contribution is -3.06. The minimum absolute atomic E-state index is 0.145. The fraction of sp³-hybridized carbons (Fsp3) is 0.368. The molecule has 1 unspecified atom stereocenters. The highest BCUT2D eigenvalue weighted by molar-refractivity contribution is 7.80. The first-order valence-electron chi connectivity index (χ1n) is 8.41. The van der Waals surface area contributed by atoms with Crippen LogP contribution in [-0.4, -0.2) is 42.2 Å². The second-order valence-corrected chi connectivity index (χ2v) is 7.31. The predicted molar refractivity (Wildman–Crippen MR) is 109 cm³/mol. The van der Waals surface area contributed by atoms with Crippen molar-refractivity contribution in [1.29, 1.82) is 0 Å². The maximum absolute atomic E-state index is 6.35. The number of hydrogen-bond donors (Lipinski definition) is 2. The topological polar surface area (TPSA) is 32.6 Å². The van der Waals surface area contributed by atoms with Crippen molar-refractivity contribution < 1.29 is 4.90 Å². The molecule has 134 valence electrons. The van der Waals surface area contributed by atoms with Gasteiger partial charge >= 0.3 is 0 Å². The van der Waals surface area contributed by atoms with E-state index in [-0.39, 0.29) is 6.04 Å². The van der Waals surface area contributed by atoms with Crippen LogP contribution in [0.1, 0.15) is 24.1 Å². The molecule has 0 spiro atoms. The number of quaternary nitrogens is 1. The minimum atomic E-state index is 0.145. The van der Waals surface area contributed by atoms with Crippen LogP contribution in [0.5, 0.6) is 0 Å². The van der Waals surface area contributed by atoms with E-state index in [1.807, 2.05) is 49.6 Å². The van der Waals surface area contributed by atoms with Gasteiger partial charge in [-0.15, -0.1) is 0 Å². The van der Waals surface area contributed by atoms with E-state index in [4.69, 9.17) is 23.8 Å². The highest BCUT2D eigenvalue weighted by atomic mass is 35.5. The largest absolute Gasteiger partial charge is 0.338 e. The standard InChI is InChI=1S/C19H25ClN4S/c1-14-5-6-18(17(20)13-14)22-19(25)24(12-11-23(3)4)15(2)16-7-9-21-10-8-16/h5-10,13,15H,11-12H2,1-4H3,(H,22,25)/p+1. The summed E-state index contributed by atoms with van der Waals surface area (Å²) in [6, 6.07) is 10.1. The number of nitrogens with zero attached hydrogens (tertiary/aromatic N) is 2. The van der Waals surface area contributed by atoms with E-state index in [9.17, 15) is 0 Å². The summed E-state index contributed by atoms with van der Waals surface area (Å²) in [5, 5.41) is 4.67. The lowest BCUT2D eigenvalue weighted by atomic mass is 10.1. The molecule has 1 atom stereocenters. The number of aryl methyl sites for hydroxylation is 1. The van der Waals surface area contributed by atoms with Crippen molar-refractivity contribution in [2.75, 3.05) is 32.5 Å². The molecule has 2 N–H and O–H groups in total. The quantitative estimate of drug-likeness (QED) is 0.758. The summed E-state index contributed by atoms with van der Waals surface area (Å²) >= 11 is 12.1. The smallest absolute Gasteiger partial charge is 0.174 e. The van der Waals surface area contributed by atoms with Crippen LogP contribution in [0.15, 0.2) is 42.7 Å². The molecule has 4 nitrogen and oxygen atoms in total. The zero-order chi connectivity index (χ0) is 18.4. The third-order valence-corrected chi connectivity index (χ3v) is 4.79. The summed E-state index contributed by atoms with van der Waals surface area (Å²) in [5.74, 6) is 0. The normalized spacial score (nSPS) is 12.1. The molecule has 0 fully saturated rings. The first-order valence-corrected chi connectivity index (χ1v) is 9.20. The molecule has 0 saturated heterocycles. The van der Waals surface area contributed by atoms with Crippen LogP contribution in [-0.2, 0) is 0 Å². The van der Waals surface area contributed by atoms with Gasteiger partial charge in [0, 0.05) is 12.4 Å². The van der Waals surface area contributed by atoms with Gasteiger partial charge in [-0.2, -0.15) is 0 Å². The van der Waals surface area contributed by atoms with E-state index in [2.05, 4.69) is 36.2 Å². The molecule has 0 aliphatic heterocycles. The van der Waals surface area contributed by atoms with Crippen molar-refractivity contribution >= 4 is 34.6 Å². The fourth-order valence-corrected chi connectivity index (χ4v) is 3.19. The molecule has 2 rings (SSSR count). The molecule has 0 aliphatic carbocycles. The van der Waals surface area contributed by atoms with Crippen LogP contribution in [0, 0.1) is 6.92 Å². The van der Waals surface area contributed by atoms with Crippen LogP contribution in [0.2, 0.25) is 5.02 Å². The third kappa shape index (κ3) is 5.66. The average Bonchev–Trinajstić information content (AvgIpc) is 2.58. The van der Waals surface area contributed by atoms with Crippen LogP contribution in [0.25, 0.3) is 0 Å². The number of thiocarbonyl (C=S) groups is 1. The van der Waals surface area contributed by atoms with Crippen molar-refractivity contribution in [2.24, 2.45) is 0 Å². The van der Waals surface area contributed by atoms with Gasteiger partial charge in [0.2, 0.25) is 0 Å². The van der Waals surface area contributed by atoms with E-state index < -0.39 is 0 Å². The fourth-order valence-electron chi connectivity index (χ4n) is 2.55. The van der Waals surface area contributed by atoms with Crippen molar-refractivity contribution in [2.45, 2.75) is 19.9 Å². The Kier molecular flexibility index (Phi) is 7.17. The van der Waals surface area contributed by atoms with Crippen molar-refractivity contribution in [3.05, 3.63) is 58.9 Å². The van der Waals surface area contributed by atoms with E-state index >= 15 is 0 Å². The summed E-state index contributed by atoms with van der Waals surface area (Å²) < 4.78 is 0. The number of likely N-dealkylation sites (N-methyl/N-ethyl adjacent to an activating group) is 1.